The minimum atomic E-state index is -0.784. The molecular weight excluding hydrogens is 378 g/mol. The molecule has 0 bridgehead atoms. The van der Waals surface area contributed by atoms with Gasteiger partial charge in [-0.25, -0.2) is 9.78 Å². The summed E-state index contributed by atoms with van der Waals surface area (Å²) in [5, 5.41) is 4.51. The zero-order valence-electron chi connectivity index (χ0n) is 15.6. The Morgan fingerprint density at radius 3 is 2.68 bits per heavy atom. The van der Waals surface area contributed by atoms with E-state index in [0.29, 0.717) is 10.2 Å². The fourth-order valence-corrected chi connectivity index (χ4v) is 3.45. The summed E-state index contributed by atoms with van der Waals surface area (Å²) in [4.78, 5) is 43.7. The number of ether oxygens (including phenoxy) is 1. The van der Waals surface area contributed by atoms with Gasteiger partial charge in [0, 0.05) is 0 Å². The maximum absolute atomic E-state index is 12.5. The van der Waals surface area contributed by atoms with Crippen molar-refractivity contribution in [2.45, 2.75) is 32.9 Å². The van der Waals surface area contributed by atoms with Crippen molar-refractivity contribution in [1.82, 2.24) is 15.3 Å². The summed E-state index contributed by atoms with van der Waals surface area (Å²) in [5.74, 6) is -0.710. The minimum Gasteiger partial charge on any atom is -0.456 e. The number of aromatic amines is 1. The third-order valence-corrected chi connectivity index (χ3v) is 5.06. The maximum atomic E-state index is 12.5. The van der Waals surface area contributed by atoms with Crippen LogP contribution < -0.4 is 10.9 Å². The molecular formula is C20H21N3O4S. The first-order valence-electron chi connectivity index (χ1n) is 8.90. The van der Waals surface area contributed by atoms with Crippen molar-refractivity contribution in [3.63, 3.8) is 0 Å². The number of fused-ring (bicyclic) bond motifs is 1. The molecule has 0 unspecified atom stereocenters. The number of H-pyrrole nitrogens is 1. The van der Waals surface area contributed by atoms with Gasteiger partial charge < -0.3 is 15.0 Å². The SMILES string of the molecule is CC(C)[C@H](NC(=O)Cc1ccccc1)C(=O)OCc1nc2ccsc2c(=O)[nH]1. The summed E-state index contributed by atoms with van der Waals surface area (Å²) in [6.07, 6.45) is 0.182. The Morgan fingerprint density at radius 1 is 1.21 bits per heavy atom. The number of hydrogen-bond donors (Lipinski definition) is 2. The first-order valence-corrected chi connectivity index (χ1v) is 9.78. The van der Waals surface area contributed by atoms with Crippen LogP contribution in [0, 0.1) is 5.92 Å². The number of benzene rings is 1. The number of nitrogens with one attached hydrogen (secondary N) is 2. The maximum Gasteiger partial charge on any atom is 0.329 e. The largest absolute Gasteiger partial charge is 0.456 e. The summed E-state index contributed by atoms with van der Waals surface area (Å²) in [7, 11) is 0. The van der Waals surface area contributed by atoms with Crippen LogP contribution in [0.5, 0.6) is 0 Å². The molecule has 3 aromatic rings. The topological polar surface area (TPSA) is 101 Å². The lowest BCUT2D eigenvalue weighted by Gasteiger charge is -2.20. The van der Waals surface area contributed by atoms with Gasteiger partial charge in [0.2, 0.25) is 5.91 Å². The van der Waals surface area contributed by atoms with Gasteiger partial charge in [0.15, 0.2) is 0 Å². The molecule has 0 radical (unpaired) electrons. The van der Waals surface area contributed by atoms with Gasteiger partial charge in [0.05, 0.1) is 11.9 Å². The zero-order chi connectivity index (χ0) is 20.1. The Labute approximate surface area is 165 Å². The predicted octanol–water partition coefficient (Wildman–Crippen LogP) is 2.41. The van der Waals surface area contributed by atoms with Crippen LogP contribution in [-0.4, -0.2) is 27.9 Å². The van der Waals surface area contributed by atoms with Crippen LogP contribution in [0.15, 0.2) is 46.6 Å². The molecule has 0 saturated carbocycles. The predicted molar refractivity (Wildman–Crippen MR) is 107 cm³/mol. The summed E-state index contributed by atoms with van der Waals surface area (Å²) in [5.41, 5.74) is 1.17. The number of aromatic nitrogens is 2. The summed E-state index contributed by atoms with van der Waals surface area (Å²) in [6.45, 7) is 3.48. The van der Waals surface area contributed by atoms with Crippen LogP contribution in [-0.2, 0) is 27.4 Å². The molecule has 8 heteroatoms. The summed E-state index contributed by atoms with van der Waals surface area (Å²) in [6, 6.07) is 10.2. The number of amides is 1. The lowest BCUT2D eigenvalue weighted by Crippen LogP contribution is -2.45. The Kier molecular flexibility index (Phi) is 6.20. The molecule has 0 fully saturated rings. The van der Waals surface area contributed by atoms with Crippen LogP contribution in [0.4, 0.5) is 0 Å². The van der Waals surface area contributed by atoms with Gasteiger partial charge >= 0.3 is 5.97 Å². The fourth-order valence-electron chi connectivity index (χ4n) is 2.72. The van der Waals surface area contributed by atoms with Gasteiger partial charge in [-0.1, -0.05) is 44.2 Å². The first-order chi connectivity index (χ1) is 13.4. The first kappa shape index (κ1) is 19.8. The van der Waals surface area contributed by atoms with E-state index in [1.165, 1.54) is 11.3 Å². The van der Waals surface area contributed by atoms with E-state index in [1.807, 2.05) is 44.2 Å². The fraction of sp³-hybridized carbons (Fsp3) is 0.300. The Morgan fingerprint density at radius 2 is 1.96 bits per heavy atom. The van der Waals surface area contributed by atoms with E-state index < -0.39 is 12.0 Å². The van der Waals surface area contributed by atoms with Crippen molar-refractivity contribution in [2.75, 3.05) is 0 Å². The van der Waals surface area contributed by atoms with Crippen LogP contribution >= 0.6 is 11.3 Å². The molecule has 1 aromatic carbocycles. The average Bonchev–Trinajstić information content (AvgIpc) is 3.14. The van der Waals surface area contributed by atoms with Gasteiger partial charge in [-0.15, -0.1) is 11.3 Å². The second kappa shape index (κ2) is 8.79. The van der Waals surface area contributed by atoms with Gasteiger partial charge in [-0.2, -0.15) is 0 Å². The minimum absolute atomic E-state index is 0.154. The number of esters is 1. The van der Waals surface area contributed by atoms with Crippen LogP contribution in [0.2, 0.25) is 0 Å². The van der Waals surface area contributed by atoms with E-state index >= 15 is 0 Å². The molecule has 1 atom stereocenters. The Balaban J connectivity index is 1.62. The molecule has 3 rings (SSSR count). The lowest BCUT2D eigenvalue weighted by atomic mass is 10.0. The van der Waals surface area contributed by atoms with Crippen molar-refractivity contribution >= 4 is 33.4 Å². The van der Waals surface area contributed by atoms with E-state index in [4.69, 9.17) is 4.74 Å². The molecule has 2 N–H and O–H groups in total. The van der Waals surface area contributed by atoms with Crippen molar-refractivity contribution < 1.29 is 14.3 Å². The van der Waals surface area contributed by atoms with E-state index in [9.17, 15) is 14.4 Å². The Hall–Kier alpha value is -3.00. The monoisotopic (exact) mass is 399 g/mol. The summed E-state index contributed by atoms with van der Waals surface area (Å²) >= 11 is 1.30. The lowest BCUT2D eigenvalue weighted by molar-refractivity contribution is -0.150. The third-order valence-electron chi connectivity index (χ3n) is 4.16. The molecule has 28 heavy (non-hydrogen) atoms. The molecule has 2 aromatic heterocycles. The van der Waals surface area contributed by atoms with E-state index in [-0.39, 0.29) is 36.2 Å². The number of hydrogen-bond acceptors (Lipinski definition) is 6. The number of carbonyl (C=O) groups excluding carboxylic acids is 2. The number of rotatable bonds is 7. The van der Waals surface area contributed by atoms with E-state index in [1.54, 1.807) is 11.4 Å². The van der Waals surface area contributed by atoms with Gasteiger partial charge in [-0.05, 0) is 22.9 Å². The molecule has 7 nitrogen and oxygen atoms in total. The number of carbonyl (C=O) groups is 2. The number of nitrogens with zero attached hydrogens (tertiary/aromatic N) is 1. The van der Waals surface area contributed by atoms with Crippen molar-refractivity contribution in [1.29, 1.82) is 0 Å². The molecule has 0 aliphatic carbocycles. The van der Waals surface area contributed by atoms with Gasteiger partial charge in [-0.3, -0.25) is 9.59 Å². The molecule has 0 aliphatic rings. The second-order valence-corrected chi connectivity index (χ2v) is 7.62. The summed E-state index contributed by atoms with van der Waals surface area (Å²) < 4.78 is 5.83. The molecule has 0 saturated heterocycles. The Bertz CT molecular complexity index is 1030. The second-order valence-electron chi connectivity index (χ2n) is 6.71. The highest BCUT2D eigenvalue weighted by Crippen LogP contribution is 2.14. The normalized spacial score (nSPS) is 12.1. The molecule has 1 amide bonds. The van der Waals surface area contributed by atoms with Crippen LogP contribution in [0.1, 0.15) is 25.2 Å². The zero-order valence-corrected chi connectivity index (χ0v) is 16.4. The molecule has 146 valence electrons. The molecule has 0 spiro atoms. The average molecular weight is 399 g/mol. The van der Waals surface area contributed by atoms with Crippen molar-refractivity contribution in [3.05, 3.63) is 63.5 Å². The third kappa shape index (κ3) is 4.83. The van der Waals surface area contributed by atoms with Gasteiger partial charge in [0.25, 0.3) is 5.56 Å². The van der Waals surface area contributed by atoms with E-state index in [2.05, 4.69) is 15.3 Å². The van der Waals surface area contributed by atoms with Crippen LogP contribution in [0.25, 0.3) is 10.2 Å². The van der Waals surface area contributed by atoms with E-state index in [0.717, 1.165) is 5.56 Å². The van der Waals surface area contributed by atoms with Crippen molar-refractivity contribution in [2.24, 2.45) is 5.92 Å². The smallest absolute Gasteiger partial charge is 0.329 e. The standard InChI is InChI=1S/C20H21N3O4S/c1-12(2)17(23-16(24)10-13-6-4-3-5-7-13)20(26)27-11-15-21-14-8-9-28-18(14)19(25)22-15/h3-9,12,17H,10-11H2,1-2H3,(H,23,24)(H,21,22,25)/t17-/m0/s1. The highest BCUT2D eigenvalue weighted by molar-refractivity contribution is 7.17. The quantitative estimate of drug-likeness (QED) is 0.594. The van der Waals surface area contributed by atoms with Gasteiger partial charge in [0.1, 0.15) is 23.2 Å². The molecule has 0 aliphatic heterocycles. The highest BCUT2D eigenvalue weighted by Gasteiger charge is 2.26. The van der Waals surface area contributed by atoms with Crippen molar-refractivity contribution in [3.8, 4) is 0 Å². The molecule has 2 heterocycles. The number of thiophene rings is 1. The van der Waals surface area contributed by atoms with Crippen LogP contribution in [0.3, 0.4) is 0 Å². The highest BCUT2D eigenvalue weighted by atomic mass is 32.1.